The van der Waals surface area contributed by atoms with Crippen molar-refractivity contribution in [1.29, 1.82) is 0 Å². The molecule has 2 aromatic rings. The van der Waals surface area contributed by atoms with Crippen molar-refractivity contribution in [3.63, 3.8) is 0 Å². The fraction of sp³-hybridized carbons (Fsp3) is 0.0909. The minimum absolute atomic E-state index is 0.0263. The summed E-state index contributed by atoms with van der Waals surface area (Å²) < 4.78 is 3.49. The molecular weight excluding hydrogens is 252 g/mol. The van der Waals surface area contributed by atoms with Crippen LogP contribution in [0.1, 0.15) is 10.5 Å². The quantitative estimate of drug-likeness (QED) is 0.660. The summed E-state index contributed by atoms with van der Waals surface area (Å²) in [5.41, 5.74) is 5.96. The summed E-state index contributed by atoms with van der Waals surface area (Å²) in [5.74, 6) is -0.694. The minimum Gasteiger partial charge on any atom is -0.364 e. The van der Waals surface area contributed by atoms with Crippen molar-refractivity contribution in [3.8, 4) is 0 Å². The highest BCUT2D eigenvalue weighted by Crippen LogP contribution is 2.35. The number of nitrogens with two attached hydrogens (primary N) is 1. The van der Waals surface area contributed by atoms with Crippen molar-refractivity contribution in [1.82, 2.24) is 14.1 Å². The van der Waals surface area contributed by atoms with Crippen LogP contribution in [-0.4, -0.2) is 29.0 Å². The van der Waals surface area contributed by atoms with Gasteiger partial charge < -0.3 is 5.73 Å². The Morgan fingerprint density at radius 2 is 2.06 bits per heavy atom. The fourth-order valence-electron chi connectivity index (χ4n) is 1.61. The number of para-hydroxylation sites is 1. The lowest BCUT2D eigenvalue weighted by Gasteiger charge is -2.23. The van der Waals surface area contributed by atoms with Crippen LogP contribution < -0.4 is 10.2 Å². The molecule has 0 aliphatic carbocycles. The number of benzene rings is 1. The van der Waals surface area contributed by atoms with Crippen LogP contribution in [-0.2, 0) is 4.79 Å². The maximum absolute atomic E-state index is 11.5. The molecule has 1 unspecified atom stereocenters. The predicted octanol–water partition coefficient (Wildman–Crippen LogP) is 1.06. The Balaban J connectivity index is 2.61. The number of nitrogens with zero attached hydrogens (tertiary/aromatic N) is 3. The van der Waals surface area contributed by atoms with Crippen LogP contribution in [0, 0.1) is 0 Å². The molecule has 0 fully saturated rings. The number of amides is 2. The molecule has 0 spiro atoms. The summed E-state index contributed by atoms with van der Waals surface area (Å²) in [6.07, 6.45) is 0.719. The monoisotopic (exact) mass is 263 g/mol. The lowest BCUT2D eigenvalue weighted by molar-refractivity contribution is -0.114. The second kappa shape index (κ2) is 4.63. The molecule has 2 rings (SSSR count). The van der Waals surface area contributed by atoms with Gasteiger partial charge in [-0.15, -0.1) is 5.10 Å². The van der Waals surface area contributed by atoms with Crippen LogP contribution in [0.5, 0.6) is 0 Å². The number of primary amides is 1. The number of hydrogen-bond donors (Lipinski definition) is 1. The van der Waals surface area contributed by atoms with Crippen molar-refractivity contribution in [2.45, 2.75) is 0 Å². The molecule has 0 saturated heterocycles. The first-order valence-electron chi connectivity index (χ1n) is 5.10. The number of rotatable bonds is 4. The molecule has 0 aliphatic heterocycles. The van der Waals surface area contributed by atoms with Crippen LogP contribution in [0.15, 0.2) is 30.3 Å². The molecule has 1 aromatic carbocycles. The third kappa shape index (κ3) is 1.89. The molecule has 1 aromatic heterocycles. The first-order chi connectivity index (χ1) is 8.59. The Morgan fingerprint density at radius 3 is 2.61 bits per heavy atom. The molecule has 0 saturated carbocycles. The lowest BCUT2D eigenvalue weighted by Crippen LogP contribution is -2.38. The van der Waals surface area contributed by atoms with E-state index >= 15 is 0 Å². The number of hydrogen-bond acceptors (Lipinski definition) is 5. The number of carbonyl (C=O) groups is 2. The standard InChI is InChI=1S/C11H10N4O2S/c1-15(7-16,8-5-3-2-4-6-8)11-9(10(12)17)13-14-18-11/h2-7H,1H3,(H-,12,17)/p+1. The molecule has 6 nitrogen and oxygen atoms in total. The van der Waals surface area contributed by atoms with E-state index < -0.39 is 5.91 Å². The molecule has 1 atom stereocenters. The maximum Gasteiger partial charge on any atom is 0.312 e. The zero-order valence-electron chi connectivity index (χ0n) is 9.61. The second-order valence-corrected chi connectivity index (χ2v) is 4.54. The molecule has 18 heavy (non-hydrogen) atoms. The number of quaternary nitrogens is 1. The van der Waals surface area contributed by atoms with Crippen LogP contribution in [0.4, 0.5) is 10.7 Å². The topological polar surface area (TPSA) is 85.9 Å². The van der Waals surface area contributed by atoms with E-state index in [0.29, 0.717) is 10.7 Å². The Kier molecular flexibility index (Phi) is 3.17. The van der Waals surface area contributed by atoms with E-state index in [9.17, 15) is 9.59 Å². The zero-order chi connectivity index (χ0) is 13.2. The summed E-state index contributed by atoms with van der Waals surface area (Å²) >= 11 is 0.983. The Hall–Kier alpha value is -2.12. The highest BCUT2D eigenvalue weighted by atomic mass is 32.1. The van der Waals surface area contributed by atoms with Gasteiger partial charge in [0, 0.05) is 23.7 Å². The summed E-state index contributed by atoms with van der Waals surface area (Å²) in [6, 6.07) is 9.05. The third-order valence-corrected chi connectivity index (χ3v) is 3.54. The third-order valence-electron chi connectivity index (χ3n) is 2.63. The fourth-order valence-corrected chi connectivity index (χ4v) is 2.35. The van der Waals surface area contributed by atoms with Gasteiger partial charge in [0.05, 0.1) is 7.05 Å². The summed E-state index contributed by atoms with van der Waals surface area (Å²) in [7, 11) is 1.66. The van der Waals surface area contributed by atoms with E-state index in [-0.39, 0.29) is 10.2 Å². The van der Waals surface area contributed by atoms with E-state index in [0.717, 1.165) is 17.9 Å². The van der Waals surface area contributed by atoms with Gasteiger partial charge >= 0.3 is 6.41 Å². The molecule has 2 N–H and O–H groups in total. The van der Waals surface area contributed by atoms with Crippen molar-refractivity contribution in [2.24, 2.45) is 5.73 Å². The molecular formula is C11H11N4O2S+. The lowest BCUT2D eigenvalue weighted by atomic mass is 10.2. The van der Waals surface area contributed by atoms with Gasteiger partial charge in [0.1, 0.15) is 5.69 Å². The van der Waals surface area contributed by atoms with Gasteiger partial charge in [-0.3, -0.25) is 4.79 Å². The molecule has 7 heteroatoms. The van der Waals surface area contributed by atoms with E-state index in [4.69, 9.17) is 5.73 Å². The van der Waals surface area contributed by atoms with Gasteiger partial charge in [0.2, 0.25) is 5.69 Å². The second-order valence-electron chi connectivity index (χ2n) is 3.81. The van der Waals surface area contributed by atoms with Crippen LogP contribution in [0.25, 0.3) is 0 Å². The van der Waals surface area contributed by atoms with Gasteiger partial charge in [-0.1, -0.05) is 22.7 Å². The highest BCUT2D eigenvalue weighted by molar-refractivity contribution is 7.10. The van der Waals surface area contributed by atoms with Crippen molar-refractivity contribution >= 4 is 34.5 Å². The van der Waals surface area contributed by atoms with E-state index in [1.807, 2.05) is 18.2 Å². The van der Waals surface area contributed by atoms with E-state index in [2.05, 4.69) is 9.59 Å². The normalized spacial score (nSPS) is 13.8. The Morgan fingerprint density at radius 1 is 1.39 bits per heavy atom. The van der Waals surface area contributed by atoms with Gasteiger partial charge in [-0.2, -0.15) is 4.48 Å². The smallest absolute Gasteiger partial charge is 0.312 e. The summed E-state index contributed by atoms with van der Waals surface area (Å²) in [5, 5.41) is 4.08. The van der Waals surface area contributed by atoms with Crippen molar-refractivity contribution in [2.75, 3.05) is 7.05 Å². The van der Waals surface area contributed by atoms with E-state index in [1.54, 1.807) is 19.2 Å². The summed E-state index contributed by atoms with van der Waals surface area (Å²) in [6.45, 7) is 0. The predicted molar refractivity (Wildman–Crippen MR) is 68.3 cm³/mol. The molecule has 2 amide bonds. The largest absolute Gasteiger partial charge is 0.364 e. The average Bonchev–Trinajstić information content (AvgIpc) is 2.89. The van der Waals surface area contributed by atoms with Gasteiger partial charge in [-0.05, 0) is 0 Å². The molecule has 92 valence electrons. The Bertz CT molecular complexity index is 584. The first-order valence-corrected chi connectivity index (χ1v) is 5.88. The first kappa shape index (κ1) is 12.3. The highest BCUT2D eigenvalue weighted by Gasteiger charge is 2.35. The number of aromatic nitrogens is 2. The average molecular weight is 263 g/mol. The van der Waals surface area contributed by atoms with Gasteiger partial charge in [0.25, 0.3) is 10.9 Å². The Labute approximate surface area is 107 Å². The van der Waals surface area contributed by atoms with Crippen LogP contribution in [0.2, 0.25) is 0 Å². The summed E-state index contributed by atoms with van der Waals surface area (Å²) in [4.78, 5) is 22.7. The van der Waals surface area contributed by atoms with E-state index in [1.165, 1.54) is 0 Å². The van der Waals surface area contributed by atoms with Gasteiger partial charge in [-0.25, -0.2) is 4.79 Å². The zero-order valence-corrected chi connectivity index (χ0v) is 10.4. The molecule has 1 heterocycles. The van der Waals surface area contributed by atoms with Gasteiger partial charge in [0.15, 0.2) is 0 Å². The van der Waals surface area contributed by atoms with Crippen molar-refractivity contribution in [3.05, 3.63) is 36.0 Å². The maximum atomic E-state index is 11.5. The molecule has 0 radical (unpaired) electrons. The minimum atomic E-state index is -0.694. The van der Waals surface area contributed by atoms with Crippen molar-refractivity contribution < 1.29 is 9.59 Å². The van der Waals surface area contributed by atoms with Crippen LogP contribution in [0.3, 0.4) is 0 Å². The SMILES string of the molecule is C[N+](C=O)(c1ccccc1)c1snnc1C(N)=O. The van der Waals surface area contributed by atoms with Crippen LogP contribution >= 0.6 is 11.5 Å². The molecule has 0 bridgehead atoms. The number of carbonyl (C=O) groups excluding carboxylic acids is 2. The molecule has 0 aliphatic rings.